The molecule has 0 radical (unpaired) electrons. The third-order valence-electron chi connectivity index (χ3n) is 4.63. The standard InChI is InChI=1S/C23H19ClN6O3S/c1-33-19-4-2-3-16(21(19)32)13-26-27-20(31)14-34-23-29-28-22(15-9-11-25-12-10-15)30(23)18-7-5-17(24)6-8-18/h2-13,32H,14H2,1H3,(H,27,31)/b26-13+. The van der Waals surface area contributed by atoms with Crippen LogP contribution in [0.5, 0.6) is 11.5 Å². The molecule has 0 aliphatic rings. The molecule has 0 saturated heterocycles. The van der Waals surface area contributed by atoms with Crippen LogP contribution < -0.4 is 10.2 Å². The monoisotopic (exact) mass is 494 g/mol. The zero-order valence-electron chi connectivity index (χ0n) is 17.9. The van der Waals surface area contributed by atoms with Gasteiger partial charge >= 0.3 is 0 Å². The molecule has 2 N–H and O–H groups in total. The van der Waals surface area contributed by atoms with Gasteiger partial charge in [-0.1, -0.05) is 29.4 Å². The summed E-state index contributed by atoms with van der Waals surface area (Å²) in [7, 11) is 1.46. The summed E-state index contributed by atoms with van der Waals surface area (Å²) in [6, 6.07) is 15.9. The number of amides is 1. The minimum absolute atomic E-state index is 0.0451. The number of carbonyl (C=O) groups excluding carboxylic acids is 1. The van der Waals surface area contributed by atoms with E-state index in [4.69, 9.17) is 16.3 Å². The summed E-state index contributed by atoms with van der Waals surface area (Å²) in [4.78, 5) is 16.4. The van der Waals surface area contributed by atoms with Gasteiger partial charge in [0.2, 0.25) is 0 Å². The Hall–Kier alpha value is -3.89. The van der Waals surface area contributed by atoms with Gasteiger partial charge in [-0.15, -0.1) is 10.2 Å². The van der Waals surface area contributed by atoms with Gasteiger partial charge in [0.05, 0.1) is 19.1 Å². The van der Waals surface area contributed by atoms with Crippen LogP contribution in [0.2, 0.25) is 5.02 Å². The number of phenols is 1. The molecule has 172 valence electrons. The highest BCUT2D eigenvalue weighted by atomic mass is 35.5. The van der Waals surface area contributed by atoms with Crippen LogP contribution >= 0.6 is 23.4 Å². The van der Waals surface area contributed by atoms with Gasteiger partial charge in [0.1, 0.15) is 0 Å². The van der Waals surface area contributed by atoms with Crippen molar-refractivity contribution in [2.24, 2.45) is 5.10 Å². The molecule has 9 nitrogen and oxygen atoms in total. The number of nitrogens with one attached hydrogen (secondary N) is 1. The van der Waals surface area contributed by atoms with Crippen molar-refractivity contribution in [1.82, 2.24) is 25.2 Å². The highest BCUT2D eigenvalue weighted by Gasteiger charge is 2.17. The van der Waals surface area contributed by atoms with Crippen LogP contribution in [-0.2, 0) is 4.79 Å². The third kappa shape index (κ3) is 5.36. The molecular formula is C23H19ClN6O3S. The lowest BCUT2D eigenvalue weighted by Gasteiger charge is -2.10. The van der Waals surface area contributed by atoms with Crippen LogP contribution in [0.1, 0.15) is 5.56 Å². The van der Waals surface area contributed by atoms with Crippen LogP contribution in [0.3, 0.4) is 0 Å². The van der Waals surface area contributed by atoms with Crippen LogP contribution in [0.15, 0.2) is 77.2 Å². The molecule has 2 aromatic carbocycles. The number of rotatable bonds is 8. The second-order valence-electron chi connectivity index (χ2n) is 6.83. The van der Waals surface area contributed by atoms with Gasteiger partial charge in [0, 0.05) is 34.2 Å². The first-order chi connectivity index (χ1) is 16.6. The number of hydrogen-bond acceptors (Lipinski definition) is 8. The maximum atomic E-state index is 12.4. The van der Waals surface area contributed by atoms with Gasteiger partial charge in [0.15, 0.2) is 22.5 Å². The van der Waals surface area contributed by atoms with Gasteiger partial charge < -0.3 is 9.84 Å². The number of hydrogen-bond donors (Lipinski definition) is 2. The second-order valence-corrected chi connectivity index (χ2v) is 8.21. The van der Waals surface area contributed by atoms with Crippen LogP contribution in [-0.4, -0.2) is 49.8 Å². The van der Waals surface area contributed by atoms with Crippen molar-refractivity contribution in [1.29, 1.82) is 0 Å². The number of aromatic hydroxyl groups is 1. The number of nitrogens with zero attached hydrogens (tertiary/aromatic N) is 5. The Bertz CT molecular complexity index is 1310. The molecule has 0 fully saturated rings. The number of hydrazone groups is 1. The summed E-state index contributed by atoms with van der Waals surface area (Å²) in [6.07, 6.45) is 4.70. The molecule has 11 heteroatoms. The van der Waals surface area contributed by atoms with Crippen molar-refractivity contribution < 1.29 is 14.6 Å². The molecular weight excluding hydrogens is 476 g/mol. The van der Waals surface area contributed by atoms with Gasteiger partial charge in [-0.3, -0.25) is 14.3 Å². The van der Waals surface area contributed by atoms with Gasteiger partial charge in [-0.2, -0.15) is 5.10 Å². The summed E-state index contributed by atoms with van der Waals surface area (Å²) >= 11 is 7.26. The van der Waals surface area contributed by atoms with E-state index in [-0.39, 0.29) is 17.4 Å². The topological polar surface area (TPSA) is 115 Å². The lowest BCUT2D eigenvalue weighted by Crippen LogP contribution is -2.20. The zero-order valence-corrected chi connectivity index (χ0v) is 19.5. The van der Waals surface area contributed by atoms with Crippen molar-refractivity contribution in [3.05, 3.63) is 77.6 Å². The quantitative estimate of drug-likeness (QED) is 0.216. The number of benzene rings is 2. The smallest absolute Gasteiger partial charge is 0.250 e. The predicted octanol–water partition coefficient (Wildman–Crippen LogP) is 3.94. The Balaban J connectivity index is 1.49. The zero-order chi connectivity index (χ0) is 23.9. The molecule has 0 atom stereocenters. The van der Waals surface area contributed by atoms with Gasteiger partial charge in [0.25, 0.3) is 5.91 Å². The number of aromatic nitrogens is 4. The molecule has 0 aliphatic heterocycles. The van der Waals surface area contributed by atoms with E-state index < -0.39 is 0 Å². The molecule has 2 aromatic heterocycles. The number of pyridine rings is 1. The van der Waals surface area contributed by atoms with Gasteiger partial charge in [-0.25, -0.2) is 5.43 Å². The molecule has 0 saturated carbocycles. The lowest BCUT2D eigenvalue weighted by molar-refractivity contribution is -0.118. The molecule has 4 rings (SSSR count). The summed E-state index contributed by atoms with van der Waals surface area (Å²) < 4.78 is 6.91. The molecule has 0 bridgehead atoms. The first-order valence-electron chi connectivity index (χ1n) is 9.99. The van der Waals surface area contributed by atoms with Crippen molar-refractivity contribution >= 4 is 35.5 Å². The lowest BCUT2D eigenvalue weighted by atomic mass is 10.2. The molecule has 34 heavy (non-hydrogen) atoms. The van der Waals surface area contributed by atoms with Crippen molar-refractivity contribution in [2.45, 2.75) is 5.16 Å². The minimum atomic E-state index is -0.347. The molecule has 0 aliphatic carbocycles. The van der Waals surface area contributed by atoms with Crippen molar-refractivity contribution in [3.63, 3.8) is 0 Å². The highest BCUT2D eigenvalue weighted by Crippen LogP contribution is 2.29. The van der Waals surface area contributed by atoms with Crippen LogP contribution in [0.25, 0.3) is 17.1 Å². The predicted molar refractivity (Wildman–Crippen MR) is 131 cm³/mol. The Morgan fingerprint density at radius 2 is 1.94 bits per heavy atom. The summed E-state index contributed by atoms with van der Waals surface area (Å²) in [6.45, 7) is 0. The first kappa shape index (κ1) is 23.3. The Morgan fingerprint density at radius 3 is 2.68 bits per heavy atom. The Labute approximate surface area is 204 Å². The first-order valence-corrected chi connectivity index (χ1v) is 11.4. The molecule has 2 heterocycles. The van der Waals surface area contributed by atoms with Crippen molar-refractivity contribution in [2.75, 3.05) is 12.9 Å². The van der Waals surface area contributed by atoms with E-state index in [2.05, 4.69) is 25.7 Å². The minimum Gasteiger partial charge on any atom is -0.504 e. The fourth-order valence-electron chi connectivity index (χ4n) is 3.02. The number of ether oxygens (including phenoxy) is 1. The third-order valence-corrected chi connectivity index (χ3v) is 5.81. The highest BCUT2D eigenvalue weighted by molar-refractivity contribution is 7.99. The molecule has 0 spiro atoms. The SMILES string of the molecule is COc1cccc(/C=N/NC(=O)CSc2nnc(-c3ccncc3)n2-c2ccc(Cl)cc2)c1O. The number of phenolic OH excluding ortho intramolecular Hbond substituents is 1. The fraction of sp³-hybridized carbons (Fsp3) is 0.0870. The molecule has 4 aromatic rings. The summed E-state index contributed by atoms with van der Waals surface area (Å²) in [5, 5.41) is 23.7. The fourth-order valence-corrected chi connectivity index (χ4v) is 3.89. The number of halogens is 1. The summed E-state index contributed by atoms with van der Waals surface area (Å²) in [5.41, 5.74) is 4.49. The van der Waals surface area contributed by atoms with E-state index in [0.29, 0.717) is 27.3 Å². The van der Waals surface area contributed by atoms with E-state index in [1.165, 1.54) is 25.1 Å². The Morgan fingerprint density at radius 1 is 1.18 bits per heavy atom. The maximum absolute atomic E-state index is 12.4. The van der Waals surface area contributed by atoms with Crippen molar-refractivity contribution in [3.8, 4) is 28.6 Å². The maximum Gasteiger partial charge on any atom is 0.250 e. The molecule has 0 unspecified atom stereocenters. The van der Waals surface area contributed by atoms with E-state index in [1.54, 1.807) is 42.7 Å². The van der Waals surface area contributed by atoms with Crippen LogP contribution in [0.4, 0.5) is 0 Å². The van der Waals surface area contributed by atoms with E-state index in [1.807, 2.05) is 28.8 Å². The second kappa shape index (κ2) is 10.8. The van der Waals surface area contributed by atoms with E-state index >= 15 is 0 Å². The normalized spacial score (nSPS) is 11.0. The molecule has 1 amide bonds. The largest absolute Gasteiger partial charge is 0.504 e. The summed E-state index contributed by atoms with van der Waals surface area (Å²) in [5.74, 6) is 0.567. The van der Waals surface area contributed by atoms with E-state index in [0.717, 1.165) is 11.3 Å². The van der Waals surface area contributed by atoms with Crippen LogP contribution in [0, 0.1) is 0 Å². The number of thioether (sulfide) groups is 1. The average molecular weight is 495 g/mol. The average Bonchev–Trinajstić information content (AvgIpc) is 3.29. The van der Waals surface area contributed by atoms with E-state index in [9.17, 15) is 9.90 Å². The van der Waals surface area contributed by atoms with Gasteiger partial charge in [-0.05, 0) is 48.5 Å². The number of carbonyl (C=O) groups is 1. The Kier molecular flexibility index (Phi) is 7.41. The number of para-hydroxylation sites is 1. The number of methoxy groups -OCH3 is 1.